The monoisotopic (exact) mass is 282 g/mol. The van der Waals surface area contributed by atoms with Crippen molar-refractivity contribution in [1.29, 1.82) is 5.26 Å². The molecule has 106 valence electrons. The summed E-state index contributed by atoms with van der Waals surface area (Å²) in [5, 5.41) is 22.9. The largest absolute Gasteiger partial charge is 0.365 e. The molecule has 2 rings (SSSR count). The van der Waals surface area contributed by atoms with Crippen molar-refractivity contribution in [3.8, 4) is 6.07 Å². The number of aryl methyl sites for hydroxylation is 2. The molecule has 2 aromatic rings. The summed E-state index contributed by atoms with van der Waals surface area (Å²) in [6.45, 7) is 4.18. The molecule has 1 aromatic heterocycles. The second-order valence-corrected chi connectivity index (χ2v) is 4.69. The number of benzene rings is 1. The van der Waals surface area contributed by atoms with E-state index in [1.54, 1.807) is 12.1 Å². The van der Waals surface area contributed by atoms with Crippen molar-refractivity contribution in [2.75, 3.05) is 5.32 Å². The fourth-order valence-electron chi connectivity index (χ4n) is 2.03. The predicted octanol–water partition coefficient (Wildman–Crippen LogP) is 3.09. The summed E-state index contributed by atoms with van der Waals surface area (Å²) in [4.78, 5) is 14.5. The van der Waals surface area contributed by atoms with E-state index in [1.165, 1.54) is 12.1 Å². The van der Waals surface area contributed by atoms with E-state index in [-0.39, 0.29) is 5.69 Å². The molecule has 0 bridgehead atoms. The van der Waals surface area contributed by atoms with Gasteiger partial charge in [-0.05, 0) is 31.0 Å². The zero-order chi connectivity index (χ0) is 15.4. The fourth-order valence-corrected chi connectivity index (χ4v) is 2.03. The van der Waals surface area contributed by atoms with Gasteiger partial charge in [0.25, 0.3) is 5.69 Å². The lowest BCUT2D eigenvalue weighted by molar-refractivity contribution is -0.384. The van der Waals surface area contributed by atoms with E-state index in [9.17, 15) is 15.4 Å². The van der Waals surface area contributed by atoms with Crippen LogP contribution in [-0.4, -0.2) is 9.91 Å². The van der Waals surface area contributed by atoms with Gasteiger partial charge < -0.3 is 5.32 Å². The van der Waals surface area contributed by atoms with E-state index in [1.807, 2.05) is 19.9 Å². The molecule has 0 aliphatic heterocycles. The summed E-state index contributed by atoms with van der Waals surface area (Å²) in [6, 6.07) is 10.3. The highest BCUT2D eigenvalue weighted by molar-refractivity contribution is 5.56. The van der Waals surface area contributed by atoms with Gasteiger partial charge in [-0.3, -0.25) is 10.1 Å². The lowest BCUT2D eigenvalue weighted by Gasteiger charge is -2.10. The maximum Gasteiger partial charge on any atom is 0.269 e. The van der Waals surface area contributed by atoms with Crippen molar-refractivity contribution in [2.45, 2.75) is 20.4 Å². The van der Waals surface area contributed by atoms with Gasteiger partial charge in [0.1, 0.15) is 11.9 Å². The number of nitriles is 1. The normalized spacial score (nSPS) is 9.95. The molecular weight excluding hydrogens is 268 g/mol. The maximum atomic E-state index is 10.6. The molecule has 0 saturated carbocycles. The van der Waals surface area contributed by atoms with Crippen LogP contribution in [0.15, 0.2) is 30.3 Å². The first-order valence-corrected chi connectivity index (χ1v) is 6.37. The topological polar surface area (TPSA) is 91.8 Å². The molecule has 1 N–H and O–H groups in total. The van der Waals surface area contributed by atoms with Gasteiger partial charge >= 0.3 is 0 Å². The highest BCUT2D eigenvalue weighted by atomic mass is 16.6. The average Bonchev–Trinajstić information content (AvgIpc) is 2.45. The SMILES string of the molecule is Cc1cc(C)c(C#N)c(NCc2ccc([N+](=O)[O-])cc2)n1. The van der Waals surface area contributed by atoms with Gasteiger partial charge in [0, 0.05) is 24.4 Å². The van der Waals surface area contributed by atoms with Gasteiger partial charge in [-0.2, -0.15) is 5.26 Å². The molecule has 0 aliphatic carbocycles. The molecule has 6 heteroatoms. The standard InChI is InChI=1S/C15H14N4O2/c1-10-7-11(2)18-15(14(10)8-16)17-9-12-3-5-13(6-4-12)19(20)21/h3-7H,9H2,1-2H3,(H,17,18). The number of nitro benzene ring substituents is 1. The fraction of sp³-hybridized carbons (Fsp3) is 0.200. The summed E-state index contributed by atoms with van der Waals surface area (Å²) in [5.74, 6) is 0.536. The van der Waals surface area contributed by atoms with Crippen molar-refractivity contribution in [2.24, 2.45) is 0 Å². The summed E-state index contributed by atoms with van der Waals surface area (Å²) < 4.78 is 0. The highest BCUT2D eigenvalue weighted by Gasteiger charge is 2.09. The Morgan fingerprint density at radius 2 is 2.00 bits per heavy atom. The zero-order valence-corrected chi connectivity index (χ0v) is 11.8. The zero-order valence-electron chi connectivity index (χ0n) is 11.8. The number of rotatable bonds is 4. The van der Waals surface area contributed by atoms with E-state index >= 15 is 0 Å². The Balaban J connectivity index is 2.17. The van der Waals surface area contributed by atoms with E-state index in [0.29, 0.717) is 17.9 Å². The lowest BCUT2D eigenvalue weighted by atomic mass is 10.1. The summed E-state index contributed by atoms with van der Waals surface area (Å²) >= 11 is 0. The second kappa shape index (κ2) is 6.01. The number of hydrogen-bond acceptors (Lipinski definition) is 5. The van der Waals surface area contributed by atoms with Crippen LogP contribution in [0.1, 0.15) is 22.4 Å². The maximum absolute atomic E-state index is 10.6. The van der Waals surface area contributed by atoms with Crippen LogP contribution < -0.4 is 5.32 Å². The number of anilines is 1. The van der Waals surface area contributed by atoms with E-state index in [2.05, 4.69) is 16.4 Å². The van der Waals surface area contributed by atoms with Crippen LogP contribution in [0, 0.1) is 35.3 Å². The van der Waals surface area contributed by atoms with Crippen molar-refractivity contribution >= 4 is 11.5 Å². The smallest absolute Gasteiger partial charge is 0.269 e. The number of nitrogens with zero attached hydrogens (tertiary/aromatic N) is 3. The van der Waals surface area contributed by atoms with Crippen molar-refractivity contribution in [3.05, 3.63) is 62.8 Å². The first kappa shape index (κ1) is 14.5. The molecular formula is C15H14N4O2. The minimum atomic E-state index is -0.434. The molecule has 0 saturated heterocycles. The number of non-ortho nitro benzene ring substituents is 1. The van der Waals surface area contributed by atoms with Crippen LogP contribution in [0.3, 0.4) is 0 Å². The van der Waals surface area contributed by atoms with Crippen molar-refractivity contribution < 1.29 is 4.92 Å². The number of nitrogens with one attached hydrogen (secondary N) is 1. The third-order valence-electron chi connectivity index (χ3n) is 3.06. The Morgan fingerprint density at radius 1 is 1.33 bits per heavy atom. The average molecular weight is 282 g/mol. The van der Waals surface area contributed by atoms with Gasteiger partial charge in [0.15, 0.2) is 0 Å². The van der Waals surface area contributed by atoms with Crippen LogP contribution in [0.5, 0.6) is 0 Å². The highest BCUT2D eigenvalue weighted by Crippen LogP contribution is 2.19. The number of nitro groups is 1. The summed E-state index contributed by atoms with van der Waals surface area (Å²) in [7, 11) is 0. The van der Waals surface area contributed by atoms with E-state index in [4.69, 9.17) is 0 Å². The Kier molecular flexibility index (Phi) is 4.14. The molecule has 0 radical (unpaired) electrons. The molecule has 1 heterocycles. The molecule has 6 nitrogen and oxygen atoms in total. The third kappa shape index (κ3) is 3.34. The molecule has 0 spiro atoms. The molecule has 1 aromatic carbocycles. The Morgan fingerprint density at radius 3 is 2.57 bits per heavy atom. The minimum Gasteiger partial charge on any atom is -0.365 e. The molecule has 0 aliphatic rings. The number of hydrogen-bond donors (Lipinski definition) is 1. The van der Waals surface area contributed by atoms with Crippen molar-refractivity contribution in [3.63, 3.8) is 0 Å². The first-order chi connectivity index (χ1) is 10.0. The van der Waals surface area contributed by atoms with Crippen LogP contribution in [0.4, 0.5) is 11.5 Å². The summed E-state index contributed by atoms with van der Waals surface area (Å²) in [6.07, 6.45) is 0. The van der Waals surface area contributed by atoms with Crippen LogP contribution in [-0.2, 0) is 6.54 Å². The molecule has 0 unspecified atom stereocenters. The van der Waals surface area contributed by atoms with Gasteiger partial charge in [-0.25, -0.2) is 4.98 Å². The quantitative estimate of drug-likeness (QED) is 0.687. The second-order valence-electron chi connectivity index (χ2n) is 4.69. The first-order valence-electron chi connectivity index (χ1n) is 6.37. The molecule has 21 heavy (non-hydrogen) atoms. The molecule has 0 amide bonds. The number of pyridine rings is 1. The Bertz CT molecular complexity index is 718. The summed E-state index contributed by atoms with van der Waals surface area (Å²) in [5.41, 5.74) is 3.16. The third-order valence-corrected chi connectivity index (χ3v) is 3.06. The lowest BCUT2D eigenvalue weighted by Crippen LogP contribution is -2.05. The molecule has 0 fully saturated rings. The van der Waals surface area contributed by atoms with Crippen LogP contribution in [0.2, 0.25) is 0 Å². The van der Waals surface area contributed by atoms with Gasteiger partial charge in [-0.15, -0.1) is 0 Å². The van der Waals surface area contributed by atoms with Crippen LogP contribution in [0.25, 0.3) is 0 Å². The van der Waals surface area contributed by atoms with Gasteiger partial charge in [-0.1, -0.05) is 12.1 Å². The van der Waals surface area contributed by atoms with E-state index in [0.717, 1.165) is 16.8 Å². The van der Waals surface area contributed by atoms with E-state index < -0.39 is 4.92 Å². The molecule has 0 atom stereocenters. The Hall–Kier alpha value is -2.94. The predicted molar refractivity (Wildman–Crippen MR) is 78.8 cm³/mol. The Labute approximate surface area is 122 Å². The van der Waals surface area contributed by atoms with Crippen LogP contribution >= 0.6 is 0 Å². The van der Waals surface area contributed by atoms with Gasteiger partial charge in [0.2, 0.25) is 0 Å². The number of aromatic nitrogens is 1. The van der Waals surface area contributed by atoms with Crippen molar-refractivity contribution in [1.82, 2.24) is 4.98 Å². The minimum absolute atomic E-state index is 0.0565. The van der Waals surface area contributed by atoms with Gasteiger partial charge in [0.05, 0.1) is 10.5 Å².